The highest BCUT2D eigenvalue weighted by Crippen LogP contribution is 2.02. The Morgan fingerprint density at radius 3 is 2.40 bits per heavy atom. The number of rotatable bonds is 3. The molecule has 0 aliphatic carbocycles. The van der Waals surface area contributed by atoms with Crippen molar-refractivity contribution in [2.75, 3.05) is 7.11 Å². The highest BCUT2D eigenvalue weighted by molar-refractivity contribution is 5.63. The average Bonchev–Trinajstić information content (AvgIpc) is 1.88. The average molecular weight is 147 g/mol. The van der Waals surface area contributed by atoms with Crippen LogP contribution < -0.4 is 0 Å². The number of hydroxylamine groups is 2. The third-order valence-electron chi connectivity index (χ3n) is 1.38. The topological polar surface area (TPSA) is 49.8 Å². The fourth-order valence-corrected chi connectivity index (χ4v) is 0.612. The molecule has 4 nitrogen and oxygen atoms in total. The van der Waals surface area contributed by atoms with E-state index in [1.165, 1.54) is 7.11 Å². The molecule has 0 rings (SSSR count). The summed E-state index contributed by atoms with van der Waals surface area (Å²) in [6.07, 6.45) is -0.294. The van der Waals surface area contributed by atoms with Gasteiger partial charge in [-0.1, -0.05) is 6.92 Å². The molecule has 10 heavy (non-hydrogen) atoms. The summed E-state index contributed by atoms with van der Waals surface area (Å²) in [5.41, 5.74) is 0. The van der Waals surface area contributed by atoms with E-state index in [0.717, 1.165) is 11.5 Å². The summed E-state index contributed by atoms with van der Waals surface area (Å²) < 4.78 is 0. The van der Waals surface area contributed by atoms with Crippen molar-refractivity contribution in [2.45, 2.75) is 26.3 Å². The molecule has 0 fully saturated rings. The summed E-state index contributed by atoms with van der Waals surface area (Å²) in [4.78, 5) is 14.9. The molecule has 0 spiro atoms. The van der Waals surface area contributed by atoms with Crippen LogP contribution >= 0.6 is 0 Å². The molecule has 0 aliphatic rings. The van der Waals surface area contributed by atoms with Gasteiger partial charge >= 0.3 is 6.09 Å². The van der Waals surface area contributed by atoms with E-state index in [4.69, 9.17) is 5.11 Å². The molecule has 1 unspecified atom stereocenters. The van der Waals surface area contributed by atoms with Gasteiger partial charge in [0.1, 0.15) is 0 Å². The Balaban J connectivity index is 3.92. The van der Waals surface area contributed by atoms with Crippen LogP contribution in [0, 0.1) is 0 Å². The molecule has 0 aromatic carbocycles. The third kappa shape index (κ3) is 2.23. The molecular weight excluding hydrogens is 134 g/mol. The van der Waals surface area contributed by atoms with Gasteiger partial charge in [0.25, 0.3) is 0 Å². The van der Waals surface area contributed by atoms with Crippen LogP contribution in [0.2, 0.25) is 0 Å². The van der Waals surface area contributed by atoms with Crippen LogP contribution in [0.15, 0.2) is 0 Å². The summed E-state index contributed by atoms with van der Waals surface area (Å²) in [6.45, 7) is 3.69. The Hall–Kier alpha value is -0.770. The molecule has 0 aliphatic heterocycles. The van der Waals surface area contributed by atoms with Gasteiger partial charge < -0.3 is 5.11 Å². The van der Waals surface area contributed by atoms with Crippen LogP contribution in [0.5, 0.6) is 0 Å². The highest BCUT2D eigenvalue weighted by Gasteiger charge is 2.16. The lowest BCUT2D eigenvalue weighted by molar-refractivity contribution is -0.127. The molecule has 60 valence electrons. The quantitative estimate of drug-likeness (QED) is 0.612. The Bertz CT molecular complexity index is 116. The number of carboxylic acid groups (broad SMARTS) is 1. The zero-order chi connectivity index (χ0) is 8.15. The molecule has 0 aromatic rings. The predicted molar refractivity (Wildman–Crippen MR) is 36.6 cm³/mol. The molecule has 0 bridgehead atoms. The van der Waals surface area contributed by atoms with Gasteiger partial charge in [0.2, 0.25) is 0 Å². The first-order chi connectivity index (χ1) is 4.63. The van der Waals surface area contributed by atoms with Gasteiger partial charge in [-0.2, -0.15) is 5.06 Å². The Labute approximate surface area is 60.3 Å². The normalized spacial score (nSPS) is 12.7. The minimum absolute atomic E-state index is 0.0810. The lowest BCUT2D eigenvalue weighted by Crippen LogP contribution is -2.36. The van der Waals surface area contributed by atoms with Crippen molar-refractivity contribution in [3.63, 3.8) is 0 Å². The lowest BCUT2D eigenvalue weighted by atomic mass is 10.3. The first-order valence-electron chi connectivity index (χ1n) is 3.19. The minimum atomic E-state index is -1.04. The molecule has 0 saturated carbocycles. The Morgan fingerprint density at radius 1 is 1.80 bits per heavy atom. The second-order valence-corrected chi connectivity index (χ2v) is 2.05. The third-order valence-corrected chi connectivity index (χ3v) is 1.38. The van der Waals surface area contributed by atoms with Crippen LogP contribution in [-0.2, 0) is 4.84 Å². The van der Waals surface area contributed by atoms with E-state index in [9.17, 15) is 4.79 Å². The van der Waals surface area contributed by atoms with E-state index in [0.29, 0.717) is 0 Å². The van der Waals surface area contributed by atoms with Crippen molar-refractivity contribution < 1.29 is 14.7 Å². The van der Waals surface area contributed by atoms with E-state index in [1.54, 1.807) is 6.92 Å². The van der Waals surface area contributed by atoms with Gasteiger partial charge in [-0.15, -0.1) is 0 Å². The van der Waals surface area contributed by atoms with Crippen LogP contribution in [0.25, 0.3) is 0 Å². The smallest absolute Gasteiger partial charge is 0.431 e. The van der Waals surface area contributed by atoms with Gasteiger partial charge in [0.15, 0.2) is 0 Å². The standard InChI is InChI=1S/C6H13NO3/c1-4-5(2)7(10-3)6(8)9/h5H,4H2,1-3H3,(H,8,9). The summed E-state index contributed by atoms with van der Waals surface area (Å²) in [7, 11) is 1.35. The monoisotopic (exact) mass is 147 g/mol. The van der Waals surface area contributed by atoms with Gasteiger partial charge in [-0.05, 0) is 13.3 Å². The van der Waals surface area contributed by atoms with Gasteiger partial charge in [-0.3, -0.25) is 4.84 Å². The SMILES string of the molecule is CCC(C)N(OC)C(=O)O. The Kier molecular flexibility index (Phi) is 3.79. The second kappa shape index (κ2) is 4.11. The van der Waals surface area contributed by atoms with E-state index in [-0.39, 0.29) is 6.04 Å². The van der Waals surface area contributed by atoms with E-state index >= 15 is 0 Å². The first-order valence-corrected chi connectivity index (χ1v) is 3.19. The zero-order valence-electron chi connectivity index (χ0n) is 6.50. The molecule has 1 N–H and O–H groups in total. The van der Waals surface area contributed by atoms with E-state index < -0.39 is 6.09 Å². The largest absolute Gasteiger partial charge is 0.463 e. The first kappa shape index (κ1) is 9.23. The maximum atomic E-state index is 10.3. The summed E-state index contributed by atoms with van der Waals surface area (Å²) in [6, 6.07) is -0.0810. The fraction of sp³-hybridized carbons (Fsp3) is 0.833. The molecule has 0 saturated heterocycles. The van der Waals surface area contributed by atoms with Crippen molar-refractivity contribution in [2.24, 2.45) is 0 Å². The predicted octanol–water partition coefficient (Wildman–Crippen LogP) is 1.33. The fourth-order valence-electron chi connectivity index (χ4n) is 0.612. The van der Waals surface area contributed by atoms with Crippen molar-refractivity contribution in [3.8, 4) is 0 Å². The molecular formula is C6H13NO3. The minimum Gasteiger partial charge on any atom is -0.463 e. The summed E-state index contributed by atoms with van der Waals surface area (Å²) >= 11 is 0. The van der Waals surface area contributed by atoms with Crippen LogP contribution in [0.3, 0.4) is 0 Å². The molecule has 0 radical (unpaired) electrons. The van der Waals surface area contributed by atoms with Crippen molar-refractivity contribution in [1.82, 2.24) is 5.06 Å². The van der Waals surface area contributed by atoms with Crippen molar-refractivity contribution in [1.29, 1.82) is 0 Å². The number of amides is 1. The second-order valence-electron chi connectivity index (χ2n) is 2.05. The van der Waals surface area contributed by atoms with Crippen LogP contribution in [-0.4, -0.2) is 29.4 Å². The molecule has 0 aromatic heterocycles. The van der Waals surface area contributed by atoms with Crippen LogP contribution in [0.1, 0.15) is 20.3 Å². The zero-order valence-corrected chi connectivity index (χ0v) is 6.50. The number of hydrogen-bond acceptors (Lipinski definition) is 2. The molecule has 4 heteroatoms. The molecule has 1 atom stereocenters. The lowest BCUT2D eigenvalue weighted by Gasteiger charge is -2.21. The van der Waals surface area contributed by atoms with Gasteiger partial charge in [0.05, 0.1) is 13.2 Å². The van der Waals surface area contributed by atoms with E-state index in [1.807, 2.05) is 6.92 Å². The molecule has 0 heterocycles. The highest BCUT2D eigenvalue weighted by atomic mass is 16.7. The molecule has 1 amide bonds. The summed E-state index contributed by atoms with van der Waals surface area (Å²) in [5.74, 6) is 0. The summed E-state index contributed by atoms with van der Waals surface area (Å²) in [5, 5.41) is 9.41. The van der Waals surface area contributed by atoms with Crippen molar-refractivity contribution >= 4 is 6.09 Å². The number of carbonyl (C=O) groups is 1. The maximum Gasteiger partial charge on any atom is 0.431 e. The Morgan fingerprint density at radius 2 is 2.30 bits per heavy atom. The number of nitrogens with zero attached hydrogens (tertiary/aromatic N) is 1. The maximum absolute atomic E-state index is 10.3. The van der Waals surface area contributed by atoms with Gasteiger partial charge in [0, 0.05) is 0 Å². The van der Waals surface area contributed by atoms with Crippen LogP contribution in [0.4, 0.5) is 4.79 Å². The van der Waals surface area contributed by atoms with E-state index in [2.05, 4.69) is 4.84 Å². The number of hydrogen-bond donors (Lipinski definition) is 1. The van der Waals surface area contributed by atoms with Crippen molar-refractivity contribution in [3.05, 3.63) is 0 Å². The van der Waals surface area contributed by atoms with Gasteiger partial charge in [-0.25, -0.2) is 4.79 Å².